The molecule has 0 saturated carbocycles. The molecule has 0 aliphatic rings. The maximum atomic E-state index is 8.71. The first-order valence-electron chi connectivity index (χ1n) is 6.21. The van der Waals surface area contributed by atoms with E-state index >= 15 is 0 Å². The second kappa shape index (κ2) is 6.98. The fourth-order valence-electron chi connectivity index (χ4n) is 1.67. The Morgan fingerprint density at radius 2 is 2.00 bits per heavy atom. The summed E-state index contributed by atoms with van der Waals surface area (Å²) in [7, 11) is 0. The Morgan fingerprint density at radius 1 is 1.21 bits per heavy atom. The molecule has 1 aromatic carbocycles. The van der Waals surface area contributed by atoms with E-state index in [4.69, 9.17) is 9.84 Å². The first-order chi connectivity index (χ1) is 9.33. The van der Waals surface area contributed by atoms with E-state index in [1.54, 1.807) is 11.3 Å². The van der Waals surface area contributed by atoms with Crippen molar-refractivity contribution in [2.45, 2.75) is 20.0 Å². The van der Waals surface area contributed by atoms with Gasteiger partial charge in [-0.2, -0.15) is 0 Å². The number of benzene rings is 1. The van der Waals surface area contributed by atoms with Crippen LogP contribution in [-0.4, -0.2) is 11.7 Å². The first kappa shape index (κ1) is 13.7. The summed E-state index contributed by atoms with van der Waals surface area (Å²) in [5.41, 5.74) is 2.24. The number of hydrogen-bond acceptors (Lipinski definition) is 3. The molecule has 0 atom stereocenters. The highest BCUT2D eigenvalue weighted by Crippen LogP contribution is 2.19. The van der Waals surface area contributed by atoms with Crippen LogP contribution >= 0.6 is 11.3 Å². The summed E-state index contributed by atoms with van der Waals surface area (Å²) in [5, 5.41) is 10.7. The molecular formula is C16H16O2S. The Morgan fingerprint density at radius 3 is 2.68 bits per heavy atom. The highest BCUT2D eigenvalue weighted by Gasteiger charge is 2.03. The van der Waals surface area contributed by atoms with Gasteiger partial charge in [-0.3, -0.25) is 0 Å². The number of aliphatic hydroxyl groups is 1. The maximum absolute atomic E-state index is 8.71. The molecule has 2 rings (SSSR count). The highest BCUT2D eigenvalue weighted by molar-refractivity contribution is 7.10. The molecular weight excluding hydrogens is 256 g/mol. The van der Waals surface area contributed by atoms with Crippen LogP contribution in [0.5, 0.6) is 5.75 Å². The van der Waals surface area contributed by atoms with Gasteiger partial charge in [0.25, 0.3) is 0 Å². The molecule has 0 unspecified atom stereocenters. The van der Waals surface area contributed by atoms with Crippen molar-refractivity contribution in [3.8, 4) is 17.6 Å². The Labute approximate surface area is 117 Å². The second-order valence-electron chi connectivity index (χ2n) is 4.00. The van der Waals surface area contributed by atoms with E-state index in [1.807, 2.05) is 23.6 Å². The third-order valence-electron chi connectivity index (χ3n) is 2.75. The summed E-state index contributed by atoms with van der Waals surface area (Å²) in [4.78, 5) is 1.08. The fourth-order valence-corrected chi connectivity index (χ4v) is 2.41. The van der Waals surface area contributed by atoms with Crippen molar-refractivity contribution in [1.82, 2.24) is 0 Å². The van der Waals surface area contributed by atoms with Gasteiger partial charge in [-0.05, 0) is 35.6 Å². The molecule has 1 aromatic heterocycles. The van der Waals surface area contributed by atoms with Gasteiger partial charge in [0.05, 0.1) is 4.88 Å². The molecule has 0 aliphatic carbocycles. The molecule has 1 heterocycles. The lowest BCUT2D eigenvalue weighted by molar-refractivity contribution is 0.309. The Bertz CT molecular complexity index is 573. The third-order valence-corrected chi connectivity index (χ3v) is 3.64. The fraction of sp³-hybridized carbons (Fsp3) is 0.250. The molecule has 2 nitrogen and oxygen atoms in total. The van der Waals surface area contributed by atoms with E-state index in [1.165, 1.54) is 5.56 Å². The van der Waals surface area contributed by atoms with E-state index in [0.717, 1.165) is 22.6 Å². The maximum Gasteiger partial charge on any atom is 0.124 e. The summed E-state index contributed by atoms with van der Waals surface area (Å²) < 4.78 is 5.75. The zero-order chi connectivity index (χ0) is 13.5. The summed E-state index contributed by atoms with van der Waals surface area (Å²) >= 11 is 1.62. The highest BCUT2D eigenvalue weighted by atomic mass is 32.1. The molecule has 1 N–H and O–H groups in total. The summed E-state index contributed by atoms with van der Waals surface area (Å²) in [6.45, 7) is 2.53. The van der Waals surface area contributed by atoms with Gasteiger partial charge in [-0.15, -0.1) is 11.3 Å². The van der Waals surface area contributed by atoms with Crippen molar-refractivity contribution >= 4 is 11.3 Å². The molecule has 0 bridgehead atoms. The van der Waals surface area contributed by atoms with Crippen LogP contribution in [0.4, 0.5) is 0 Å². The number of rotatable bonds is 4. The molecule has 3 heteroatoms. The van der Waals surface area contributed by atoms with Crippen LogP contribution in [0, 0.1) is 11.8 Å². The number of ether oxygens (including phenoxy) is 1. The second-order valence-corrected chi connectivity index (χ2v) is 5.00. The molecule has 0 spiro atoms. The minimum atomic E-state index is -0.116. The summed E-state index contributed by atoms with van der Waals surface area (Å²) in [5.74, 6) is 6.46. The van der Waals surface area contributed by atoms with Gasteiger partial charge < -0.3 is 9.84 Å². The van der Waals surface area contributed by atoms with Gasteiger partial charge in [0.15, 0.2) is 0 Å². The molecule has 0 radical (unpaired) electrons. The van der Waals surface area contributed by atoms with Crippen LogP contribution in [0.1, 0.15) is 22.9 Å². The lowest BCUT2D eigenvalue weighted by Gasteiger charge is -2.06. The van der Waals surface area contributed by atoms with E-state index < -0.39 is 0 Å². The van der Waals surface area contributed by atoms with Crippen LogP contribution in [0.15, 0.2) is 35.7 Å². The predicted octanol–water partition coefficient (Wildman–Crippen LogP) is 3.23. The molecule has 2 aromatic rings. The SMILES string of the molecule is CCc1ccc(OCc2sccc2C#CCO)cc1. The molecule has 0 amide bonds. The van der Waals surface area contributed by atoms with Crippen molar-refractivity contribution in [3.05, 3.63) is 51.7 Å². The lowest BCUT2D eigenvalue weighted by Crippen LogP contribution is -1.95. The lowest BCUT2D eigenvalue weighted by atomic mass is 10.2. The van der Waals surface area contributed by atoms with Gasteiger partial charge in [-0.1, -0.05) is 30.9 Å². The smallest absolute Gasteiger partial charge is 0.124 e. The van der Waals surface area contributed by atoms with E-state index in [-0.39, 0.29) is 6.61 Å². The Kier molecular flexibility index (Phi) is 5.02. The quantitative estimate of drug-likeness (QED) is 0.866. The van der Waals surface area contributed by atoms with E-state index in [9.17, 15) is 0 Å². The average molecular weight is 272 g/mol. The van der Waals surface area contributed by atoms with E-state index in [0.29, 0.717) is 6.61 Å². The molecule has 0 aliphatic heterocycles. The summed E-state index contributed by atoms with van der Waals surface area (Å²) in [6, 6.07) is 10.1. The minimum Gasteiger partial charge on any atom is -0.488 e. The molecule has 0 saturated heterocycles. The number of aliphatic hydroxyl groups excluding tert-OH is 1. The summed E-state index contributed by atoms with van der Waals surface area (Å²) in [6.07, 6.45) is 1.03. The molecule has 98 valence electrons. The zero-order valence-corrected chi connectivity index (χ0v) is 11.7. The van der Waals surface area contributed by atoms with Crippen LogP contribution in [0.25, 0.3) is 0 Å². The van der Waals surface area contributed by atoms with Gasteiger partial charge >= 0.3 is 0 Å². The zero-order valence-electron chi connectivity index (χ0n) is 10.8. The van der Waals surface area contributed by atoms with Gasteiger partial charge in [0.2, 0.25) is 0 Å². The molecule has 19 heavy (non-hydrogen) atoms. The standard InChI is InChI=1S/C16H16O2S/c1-2-13-5-7-15(8-6-13)18-12-16-14(4-3-10-17)9-11-19-16/h5-9,11,17H,2,10,12H2,1H3. The van der Waals surface area contributed by atoms with Crippen molar-refractivity contribution < 1.29 is 9.84 Å². The minimum absolute atomic E-state index is 0.116. The average Bonchev–Trinajstić information content (AvgIpc) is 2.91. The number of aryl methyl sites for hydroxylation is 1. The first-order valence-corrected chi connectivity index (χ1v) is 7.09. The van der Waals surface area contributed by atoms with Crippen LogP contribution < -0.4 is 4.74 Å². The van der Waals surface area contributed by atoms with Crippen molar-refractivity contribution in [3.63, 3.8) is 0 Å². The number of thiophene rings is 1. The Hall–Kier alpha value is -1.76. The van der Waals surface area contributed by atoms with Crippen molar-refractivity contribution in [1.29, 1.82) is 0 Å². The third kappa shape index (κ3) is 3.85. The topological polar surface area (TPSA) is 29.5 Å². The van der Waals surface area contributed by atoms with Crippen LogP contribution in [-0.2, 0) is 13.0 Å². The number of hydrogen-bond donors (Lipinski definition) is 1. The van der Waals surface area contributed by atoms with Crippen LogP contribution in [0.3, 0.4) is 0 Å². The van der Waals surface area contributed by atoms with Gasteiger partial charge in [0, 0.05) is 5.56 Å². The molecule has 0 fully saturated rings. The Balaban J connectivity index is 2.00. The van der Waals surface area contributed by atoms with Crippen molar-refractivity contribution in [2.24, 2.45) is 0 Å². The van der Waals surface area contributed by atoms with Crippen molar-refractivity contribution in [2.75, 3.05) is 6.61 Å². The monoisotopic (exact) mass is 272 g/mol. The van der Waals surface area contributed by atoms with Gasteiger partial charge in [-0.25, -0.2) is 0 Å². The van der Waals surface area contributed by atoms with Gasteiger partial charge in [0.1, 0.15) is 19.0 Å². The van der Waals surface area contributed by atoms with Crippen LogP contribution in [0.2, 0.25) is 0 Å². The van der Waals surface area contributed by atoms with E-state index in [2.05, 4.69) is 30.9 Å². The largest absolute Gasteiger partial charge is 0.488 e. The predicted molar refractivity (Wildman–Crippen MR) is 78.4 cm³/mol. The normalized spacial score (nSPS) is 9.79.